The molecule has 5 heteroatoms. The summed E-state index contributed by atoms with van der Waals surface area (Å²) in [4.78, 5) is 2.26. The summed E-state index contributed by atoms with van der Waals surface area (Å²) in [6.07, 6.45) is 0. The second-order valence-electron chi connectivity index (χ2n) is 3.22. The highest BCUT2D eigenvalue weighted by Crippen LogP contribution is 2.37. The van der Waals surface area contributed by atoms with Crippen molar-refractivity contribution in [3.05, 3.63) is 41.6 Å². The van der Waals surface area contributed by atoms with E-state index < -0.39 is 0 Å². The molecular formula is C10H9BrClNS2. The normalized spacial score (nSPS) is 13.1. The lowest BCUT2D eigenvalue weighted by molar-refractivity contribution is 0.911. The molecule has 0 radical (unpaired) electrons. The number of nitrogens with two attached hydrogens (primary N) is 1. The van der Waals surface area contributed by atoms with Crippen LogP contribution in [0, 0.1) is 6.92 Å². The molecule has 0 saturated carbocycles. The van der Waals surface area contributed by atoms with Gasteiger partial charge in [0.1, 0.15) is 0 Å². The Kier molecular flexibility index (Phi) is 3.52. The molecule has 0 spiro atoms. The molecule has 1 unspecified atom stereocenters. The summed E-state index contributed by atoms with van der Waals surface area (Å²) in [5.41, 5.74) is 7.27. The highest BCUT2D eigenvalue weighted by atomic mass is 79.9. The SMILES string of the molecule is Cc1cc(C(N)c2sccc2Br)sc1Cl. The number of hydrogen-bond donors (Lipinski definition) is 1. The molecule has 0 aliphatic carbocycles. The first-order chi connectivity index (χ1) is 7.09. The Morgan fingerprint density at radius 1 is 1.53 bits per heavy atom. The first kappa shape index (κ1) is 11.6. The number of aryl methyl sites for hydroxylation is 1. The summed E-state index contributed by atoms with van der Waals surface area (Å²) >= 11 is 12.7. The molecule has 1 atom stereocenters. The predicted molar refractivity (Wildman–Crippen MR) is 72.1 cm³/mol. The number of thiophene rings is 2. The third-order valence-electron chi connectivity index (χ3n) is 2.11. The van der Waals surface area contributed by atoms with Crippen LogP contribution in [0.4, 0.5) is 0 Å². The monoisotopic (exact) mass is 321 g/mol. The van der Waals surface area contributed by atoms with Crippen molar-refractivity contribution in [2.75, 3.05) is 0 Å². The van der Waals surface area contributed by atoms with E-state index in [-0.39, 0.29) is 6.04 Å². The summed E-state index contributed by atoms with van der Waals surface area (Å²) in [5, 5.41) is 2.03. The van der Waals surface area contributed by atoms with Crippen molar-refractivity contribution in [2.45, 2.75) is 13.0 Å². The molecule has 0 bridgehead atoms. The van der Waals surface area contributed by atoms with Crippen molar-refractivity contribution < 1.29 is 0 Å². The molecule has 0 aromatic carbocycles. The fourth-order valence-electron chi connectivity index (χ4n) is 1.29. The fourth-order valence-corrected chi connectivity index (χ4v) is 4.24. The van der Waals surface area contributed by atoms with Crippen molar-refractivity contribution in [2.24, 2.45) is 5.73 Å². The van der Waals surface area contributed by atoms with Gasteiger partial charge in [-0.2, -0.15) is 0 Å². The minimum atomic E-state index is -0.0735. The minimum absolute atomic E-state index is 0.0735. The van der Waals surface area contributed by atoms with E-state index in [0.29, 0.717) is 0 Å². The molecule has 2 aromatic rings. The van der Waals surface area contributed by atoms with Gasteiger partial charge >= 0.3 is 0 Å². The minimum Gasteiger partial charge on any atom is -0.319 e. The van der Waals surface area contributed by atoms with E-state index in [1.165, 1.54) is 0 Å². The van der Waals surface area contributed by atoms with Crippen molar-refractivity contribution in [1.29, 1.82) is 0 Å². The Labute approximate surface area is 110 Å². The van der Waals surface area contributed by atoms with Gasteiger partial charge in [0.2, 0.25) is 0 Å². The number of hydrogen-bond acceptors (Lipinski definition) is 3. The lowest BCUT2D eigenvalue weighted by Crippen LogP contribution is -2.08. The van der Waals surface area contributed by atoms with Gasteiger partial charge in [0.15, 0.2) is 0 Å². The molecule has 80 valence electrons. The molecule has 2 N–H and O–H groups in total. The zero-order chi connectivity index (χ0) is 11.0. The molecule has 15 heavy (non-hydrogen) atoms. The van der Waals surface area contributed by atoms with E-state index in [1.54, 1.807) is 22.7 Å². The van der Waals surface area contributed by atoms with Gasteiger partial charge in [-0.25, -0.2) is 0 Å². The number of rotatable bonds is 2. The quantitative estimate of drug-likeness (QED) is 0.860. The molecule has 2 aromatic heterocycles. The van der Waals surface area contributed by atoms with Crippen LogP contribution in [-0.4, -0.2) is 0 Å². The van der Waals surface area contributed by atoms with Gasteiger partial charge in [0.25, 0.3) is 0 Å². The maximum atomic E-state index is 6.18. The van der Waals surface area contributed by atoms with Gasteiger partial charge < -0.3 is 5.73 Å². The lowest BCUT2D eigenvalue weighted by Gasteiger charge is -2.07. The van der Waals surface area contributed by atoms with Gasteiger partial charge in [-0.05, 0) is 45.9 Å². The standard InChI is InChI=1S/C10H9BrClNS2/c1-5-4-7(15-10(5)12)8(13)9-6(11)2-3-14-9/h2-4,8H,13H2,1H3. The second-order valence-corrected chi connectivity index (χ2v) is 6.70. The van der Waals surface area contributed by atoms with E-state index in [2.05, 4.69) is 22.0 Å². The maximum Gasteiger partial charge on any atom is 0.0961 e. The van der Waals surface area contributed by atoms with Crippen LogP contribution in [-0.2, 0) is 0 Å². The third-order valence-corrected chi connectivity index (χ3v) is 5.70. The third kappa shape index (κ3) is 2.29. The molecule has 0 fully saturated rings. The molecular weight excluding hydrogens is 314 g/mol. The molecule has 0 aliphatic heterocycles. The summed E-state index contributed by atoms with van der Waals surface area (Å²) < 4.78 is 1.90. The molecule has 2 heterocycles. The van der Waals surface area contributed by atoms with Gasteiger partial charge in [-0.1, -0.05) is 11.6 Å². The van der Waals surface area contributed by atoms with Crippen LogP contribution < -0.4 is 5.73 Å². The first-order valence-corrected chi connectivity index (χ1v) is 7.20. The van der Waals surface area contributed by atoms with E-state index in [1.807, 2.05) is 18.4 Å². The summed E-state index contributed by atoms with van der Waals surface area (Å²) in [6, 6.07) is 4.00. The average molecular weight is 323 g/mol. The molecule has 1 nitrogen and oxygen atoms in total. The van der Waals surface area contributed by atoms with Gasteiger partial charge in [-0.15, -0.1) is 22.7 Å². The van der Waals surface area contributed by atoms with Crippen LogP contribution in [0.3, 0.4) is 0 Å². The maximum absolute atomic E-state index is 6.18. The van der Waals surface area contributed by atoms with Crippen molar-refractivity contribution >= 4 is 50.2 Å². The summed E-state index contributed by atoms with van der Waals surface area (Å²) in [5.74, 6) is 0. The van der Waals surface area contributed by atoms with Crippen molar-refractivity contribution in [1.82, 2.24) is 0 Å². The summed E-state index contributed by atoms with van der Waals surface area (Å²) in [6.45, 7) is 2.00. The molecule has 0 aliphatic rings. The predicted octanol–water partition coefficient (Wildman–Crippen LogP) is 4.58. The Bertz CT molecular complexity index is 458. The zero-order valence-electron chi connectivity index (χ0n) is 7.96. The van der Waals surface area contributed by atoms with Gasteiger partial charge in [0.05, 0.1) is 10.4 Å². The van der Waals surface area contributed by atoms with Crippen LogP contribution in [0.25, 0.3) is 0 Å². The Hall–Kier alpha value is 0.130. The largest absolute Gasteiger partial charge is 0.319 e. The highest BCUT2D eigenvalue weighted by molar-refractivity contribution is 9.10. The zero-order valence-corrected chi connectivity index (χ0v) is 11.9. The molecule has 0 saturated heterocycles. The van der Waals surface area contributed by atoms with Crippen LogP contribution in [0.5, 0.6) is 0 Å². The van der Waals surface area contributed by atoms with Crippen LogP contribution in [0.2, 0.25) is 4.34 Å². The van der Waals surface area contributed by atoms with E-state index in [4.69, 9.17) is 17.3 Å². The Morgan fingerprint density at radius 3 is 2.73 bits per heavy atom. The van der Waals surface area contributed by atoms with Gasteiger partial charge in [-0.3, -0.25) is 0 Å². The van der Waals surface area contributed by atoms with Crippen molar-refractivity contribution in [3.63, 3.8) is 0 Å². The van der Waals surface area contributed by atoms with E-state index >= 15 is 0 Å². The van der Waals surface area contributed by atoms with Crippen molar-refractivity contribution in [3.8, 4) is 0 Å². The van der Waals surface area contributed by atoms with Crippen LogP contribution in [0.1, 0.15) is 21.4 Å². The number of halogens is 2. The lowest BCUT2D eigenvalue weighted by atomic mass is 10.2. The van der Waals surface area contributed by atoms with E-state index in [9.17, 15) is 0 Å². The fraction of sp³-hybridized carbons (Fsp3) is 0.200. The molecule has 2 rings (SSSR count). The highest BCUT2D eigenvalue weighted by Gasteiger charge is 2.16. The first-order valence-electron chi connectivity index (χ1n) is 4.34. The van der Waals surface area contributed by atoms with E-state index in [0.717, 1.165) is 24.1 Å². The smallest absolute Gasteiger partial charge is 0.0961 e. The second kappa shape index (κ2) is 4.55. The Balaban J connectivity index is 2.36. The van der Waals surface area contributed by atoms with Crippen LogP contribution in [0.15, 0.2) is 22.0 Å². The average Bonchev–Trinajstić information content (AvgIpc) is 2.74. The topological polar surface area (TPSA) is 26.0 Å². The Morgan fingerprint density at radius 2 is 2.27 bits per heavy atom. The van der Waals surface area contributed by atoms with Gasteiger partial charge in [0, 0.05) is 14.2 Å². The van der Waals surface area contributed by atoms with Crippen LogP contribution >= 0.6 is 50.2 Å². The summed E-state index contributed by atoms with van der Waals surface area (Å²) in [7, 11) is 0. The molecule has 0 amide bonds.